The van der Waals surface area contributed by atoms with Crippen molar-refractivity contribution in [2.75, 3.05) is 18.4 Å². The fourth-order valence-electron chi connectivity index (χ4n) is 1.78. The van der Waals surface area contributed by atoms with Gasteiger partial charge in [0.2, 0.25) is 0 Å². The Bertz CT molecular complexity index is 682. The Labute approximate surface area is 155 Å². The number of rotatable bonds is 6. The Morgan fingerprint density at radius 2 is 1.50 bits per heavy atom. The molecule has 0 heterocycles. The summed E-state index contributed by atoms with van der Waals surface area (Å²) in [4.78, 5) is 33.6. The molecule has 0 saturated heterocycles. The topological polar surface area (TPSA) is 137 Å². The van der Waals surface area contributed by atoms with Crippen molar-refractivity contribution >= 4 is 41.0 Å². The number of amides is 1. The van der Waals surface area contributed by atoms with Crippen LogP contribution in [0, 0.1) is 0 Å². The number of aromatic carboxylic acids is 2. The van der Waals surface area contributed by atoms with Crippen molar-refractivity contribution in [3.05, 3.63) is 29.3 Å². The van der Waals surface area contributed by atoms with Crippen LogP contribution in [0.3, 0.4) is 0 Å². The standard InChI is InChI=1S/C16H21N3O6S/c1-16(2,3)25-15(24)18-5-4-17-14(26)19-11-7-9(12(20)21)6-10(8-11)13(22)23/h6-8H,4-5H2,1-3H3,(H,18,24)(H,20,21)(H,22,23)(H2,17,19,26). The molecular formula is C16H21N3O6S. The lowest BCUT2D eigenvalue weighted by Crippen LogP contribution is -2.39. The molecule has 142 valence electrons. The zero-order valence-corrected chi connectivity index (χ0v) is 15.4. The second kappa shape index (κ2) is 8.99. The summed E-state index contributed by atoms with van der Waals surface area (Å²) in [5.74, 6) is -2.51. The van der Waals surface area contributed by atoms with Gasteiger partial charge in [0.1, 0.15) is 5.60 Å². The zero-order valence-electron chi connectivity index (χ0n) is 14.6. The lowest BCUT2D eigenvalue weighted by Gasteiger charge is -2.19. The van der Waals surface area contributed by atoms with E-state index < -0.39 is 23.6 Å². The number of ether oxygens (including phenoxy) is 1. The Hall–Kier alpha value is -2.88. The van der Waals surface area contributed by atoms with Crippen LogP contribution in [-0.2, 0) is 4.74 Å². The van der Waals surface area contributed by atoms with Crippen molar-refractivity contribution in [1.82, 2.24) is 10.6 Å². The normalized spacial score (nSPS) is 10.6. The highest BCUT2D eigenvalue weighted by Crippen LogP contribution is 2.15. The van der Waals surface area contributed by atoms with Crippen molar-refractivity contribution in [2.24, 2.45) is 0 Å². The number of nitrogens with one attached hydrogen (secondary N) is 3. The number of hydrogen-bond acceptors (Lipinski definition) is 5. The molecule has 0 fully saturated rings. The van der Waals surface area contributed by atoms with Gasteiger partial charge in [0.25, 0.3) is 0 Å². The molecule has 26 heavy (non-hydrogen) atoms. The fourth-order valence-corrected chi connectivity index (χ4v) is 2.00. The lowest BCUT2D eigenvalue weighted by atomic mass is 10.1. The summed E-state index contributed by atoms with van der Waals surface area (Å²) in [6, 6.07) is 3.58. The summed E-state index contributed by atoms with van der Waals surface area (Å²) in [5.41, 5.74) is -0.728. The van der Waals surface area contributed by atoms with E-state index in [1.807, 2.05) is 0 Å². The van der Waals surface area contributed by atoms with Crippen LogP contribution in [-0.4, -0.2) is 52.0 Å². The number of anilines is 1. The molecule has 1 aromatic rings. The first-order chi connectivity index (χ1) is 12.0. The molecule has 0 atom stereocenters. The van der Waals surface area contributed by atoms with E-state index in [0.717, 1.165) is 6.07 Å². The van der Waals surface area contributed by atoms with Gasteiger partial charge in [-0.25, -0.2) is 14.4 Å². The van der Waals surface area contributed by atoms with E-state index in [9.17, 15) is 14.4 Å². The summed E-state index contributed by atoms with van der Waals surface area (Å²) in [7, 11) is 0. The molecule has 5 N–H and O–H groups in total. The van der Waals surface area contributed by atoms with Gasteiger partial charge in [0, 0.05) is 18.8 Å². The SMILES string of the molecule is CC(C)(C)OC(=O)NCCNC(=S)Nc1cc(C(=O)O)cc(C(=O)O)c1. The number of thiocarbonyl (C=S) groups is 1. The molecule has 1 amide bonds. The van der Waals surface area contributed by atoms with Gasteiger partial charge in [-0.3, -0.25) is 0 Å². The van der Waals surface area contributed by atoms with Crippen LogP contribution in [0.1, 0.15) is 41.5 Å². The van der Waals surface area contributed by atoms with Crippen LogP contribution in [0.2, 0.25) is 0 Å². The smallest absolute Gasteiger partial charge is 0.407 e. The van der Waals surface area contributed by atoms with E-state index in [1.165, 1.54) is 12.1 Å². The van der Waals surface area contributed by atoms with Gasteiger partial charge in [0.15, 0.2) is 5.11 Å². The number of carbonyl (C=O) groups is 3. The van der Waals surface area contributed by atoms with Crippen LogP contribution in [0.4, 0.5) is 10.5 Å². The molecule has 0 aliphatic rings. The van der Waals surface area contributed by atoms with Crippen LogP contribution in [0.5, 0.6) is 0 Å². The van der Waals surface area contributed by atoms with Crippen molar-refractivity contribution < 1.29 is 29.3 Å². The minimum atomic E-state index is -1.25. The first-order valence-electron chi connectivity index (χ1n) is 7.61. The van der Waals surface area contributed by atoms with Crippen LogP contribution >= 0.6 is 12.2 Å². The molecule has 0 spiro atoms. The highest BCUT2D eigenvalue weighted by atomic mass is 32.1. The number of benzene rings is 1. The fraction of sp³-hybridized carbons (Fsp3) is 0.375. The molecule has 9 nitrogen and oxygen atoms in total. The minimum Gasteiger partial charge on any atom is -0.478 e. The summed E-state index contributed by atoms with van der Waals surface area (Å²) in [5, 5.41) is 26.3. The van der Waals surface area contributed by atoms with Crippen molar-refractivity contribution in [1.29, 1.82) is 0 Å². The molecule has 0 aliphatic heterocycles. The third-order valence-electron chi connectivity index (χ3n) is 2.76. The summed E-state index contributed by atoms with van der Waals surface area (Å²) in [6.07, 6.45) is -0.557. The van der Waals surface area contributed by atoms with Gasteiger partial charge in [-0.1, -0.05) is 0 Å². The van der Waals surface area contributed by atoms with E-state index in [4.69, 9.17) is 27.2 Å². The van der Waals surface area contributed by atoms with Gasteiger partial charge in [0.05, 0.1) is 11.1 Å². The van der Waals surface area contributed by atoms with E-state index in [2.05, 4.69) is 16.0 Å². The predicted molar refractivity (Wildman–Crippen MR) is 98.8 cm³/mol. The Balaban J connectivity index is 2.54. The van der Waals surface area contributed by atoms with Crippen LogP contribution in [0.25, 0.3) is 0 Å². The van der Waals surface area contributed by atoms with Gasteiger partial charge in [-0.15, -0.1) is 0 Å². The molecule has 10 heteroatoms. The monoisotopic (exact) mass is 383 g/mol. The maximum Gasteiger partial charge on any atom is 0.407 e. The second-order valence-electron chi connectivity index (χ2n) is 6.22. The molecule has 0 bridgehead atoms. The van der Waals surface area contributed by atoms with E-state index >= 15 is 0 Å². The molecule has 0 unspecified atom stereocenters. The number of hydrogen-bond donors (Lipinski definition) is 5. The Morgan fingerprint density at radius 3 is 1.96 bits per heavy atom. The van der Waals surface area contributed by atoms with Crippen molar-refractivity contribution in [3.8, 4) is 0 Å². The first-order valence-corrected chi connectivity index (χ1v) is 8.02. The van der Waals surface area contributed by atoms with Crippen molar-refractivity contribution in [3.63, 3.8) is 0 Å². The summed E-state index contributed by atoms with van der Waals surface area (Å²) < 4.78 is 5.07. The maximum atomic E-state index is 11.5. The number of alkyl carbamates (subject to hydrolysis) is 1. The maximum absolute atomic E-state index is 11.5. The summed E-state index contributed by atoms with van der Waals surface area (Å²) in [6.45, 7) is 5.78. The van der Waals surface area contributed by atoms with Gasteiger partial charge in [-0.2, -0.15) is 0 Å². The van der Waals surface area contributed by atoms with Gasteiger partial charge >= 0.3 is 18.0 Å². The van der Waals surface area contributed by atoms with E-state index in [0.29, 0.717) is 0 Å². The molecule has 0 radical (unpaired) electrons. The highest BCUT2D eigenvalue weighted by molar-refractivity contribution is 7.80. The minimum absolute atomic E-state index is 0.148. The summed E-state index contributed by atoms with van der Waals surface area (Å²) >= 11 is 5.06. The zero-order chi connectivity index (χ0) is 19.9. The van der Waals surface area contributed by atoms with Gasteiger partial charge < -0.3 is 30.9 Å². The van der Waals surface area contributed by atoms with Crippen molar-refractivity contribution in [2.45, 2.75) is 26.4 Å². The van der Waals surface area contributed by atoms with E-state index in [1.54, 1.807) is 20.8 Å². The Morgan fingerprint density at radius 1 is 1.00 bits per heavy atom. The third kappa shape index (κ3) is 7.79. The van der Waals surface area contributed by atoms with Gasteiger partial charge in [-0.05, 0) is 51.2 Å². The highest BCUT2D eigenvalue weighted by Gasteiger charge is 2.15. The third-order valence-corrected chi connectivity index (χ3v) is 3.01. The molecule has 1 rings (SSSR count). The predicted octanol–water partition coefficient (Wildman–Crippen LogP) is 1.89. The quantitative estimate of drug-likeness (QED) is 0.368. The Kier molecular flexibility index (Phi) is 7.32. The average molecular weight is 383 g/mol. The van der Waals surface area contributed by atoms with Crippen LogP contribution in [0.15, 0.2) is 18.2 Å². The first kappa shape index (κ1) is 21.2. The number of carboxylic acids is 2. The molecule has 0 aliphatic carbocycles. The number of carbonyl (C=O) groups excluding carboxylic acids is 1. The average Bonchev–Trinajstić information content (AvgIpc) is 2.49. The van der Waals surface area contributed by atoms with Crippen LogP contribution < -0.4 is 16.0 Å². The molecular weight excluding hydrogens is 362 g/mol. The second-order valence-corrected chi connectivity index (χ2v) is 6.63. The lowest BCUT2D eigenvalue weighted by molar-refractivity contribution is 0.0527. The number of carboxylic acid groups (broad SMARTS) is 2. The largest absolute Gasteiger partial charge is 0.478 e. The molecule has 0 aromatic heterocycles. The molecule has 0 saturated carbocycles. The van der Waals surface area contributed by atoms with E-state index in [-0.39, 0.29) is 35.0 Å². The molecule has 1 aromatic carbocycles.